The number of halogens is 1. The largest absolute Gasteiger partial charge is 0.459 e. The van der Waals surface area contributed by atoms with Crippen LogP contribution in [-0.2, 0) is 16.0 Å². The number of esters is 1. The molecular formula is C28H23BrN2O4. The monoisotopic (exact) mass is 530 g/mol. The molecule has 6 rings (SSSR count). The lowest BCUT2D eigenvalue weighted by molar-refractivity contribution is -0.168. The first-order valence-corrected chi connectivity index (χ1v) is 12.4. The van der Waals surface area contributed by atoms with Crippen LogP contribution in [0, 0.1) is 6.92 Å². The molecule has 0 aliphatic carbocycles. The van der Waals surface area contributed by atoms with E-state index in [0.717, 1.165) is 26.9 Å². The molecular weight excluding hydrogens is 508 g/mol. The van der Waals surface area contributed by atoms with Gasteiger partial charge in [-0.15, -0.1) is 0 Å². The van der Waals surface area contributed by atoms with Gasteiger partial charge < -0.3 is 9.47 Å². The summed E-state index contributed by atoms with van der Waals surface area (Å²) >= 11 is 3.56. The van der Waals surface area contributed by atoms with Gasteiger partial charge >= 0.3 is 5.97 Å². The van der Waals surface area contributed by atoms with Crippen LogP contribution in [0.15, 0.2) is 76.3 Å². The number of fused-ring (bicyclic) bond motifs is 4. The van der Waals surface area contributed by atoms with Gasteiger partial charge in [0.1, 0.15) is 5.75 Å². The van der Waals surface area contributed by atoms with E-state index in [9.17, 15) is 9.59 Å². The smallest absolute Gasteiger partial charge is 0.339 e. The summed E-state index contributed by atoms with van der Waals surface area (Å²) in [6, 6.07) is 21.0. The highest BCUT2D eigenvalue weighted by Gasteiger charge is 2.55. The second-order valence-electron chi connectivity index (χ2n) is 9.36. The number of ether oxygens (including phenoxy) is 2. The fraction of sp³-hybridized carbons (Fsp3) is 0.250. The minimum atomic E-state index is -1.44. The zero-order valence-electron chi connectivity index (χ0n) is 19.3. The highest BCUT2D eigenvalue weighted by Crippen LogP contribution is 2.48. The fourth-order valence-electron chi connectivity index (χ4n) is 5.14. The molecule has 3 atom stereocenters. The maximum atomic E-state index is 14.0. The third kappa shape index (κ3) is 3.57. The zero-order valence-corrected chi connectivity index (χ0v) is 20.9. The lowest BCUT2D eigenvalue weighted by Crippen LogP contribution is -2.61. The van der Waals surface area contributed by atoms with Crippen molar-refractivity contribution in [3.63, 3.8) is 0 Å². The second kappa shape index (κ2) is 8.05. The quantitative estimate of drug-likeness (QED) is 0.426. The van der Waals surface area contributed by atoms with Crippen molar-refractivity contribution in [1.82, 2.24) is 5.01 Å². The number of aryl methyl sites for hydroxylation is 1. The molecule has 3 aromatic carbocycles. The first kappa shape index (κ1) is 22.0. The Hall–Kier alpha value is -3.45. The number of hydrogen-bond donors (Lipinski definition) is 0. The summed E-state index contributed by atoms with van der Waals surface area (Å²) in [7, 11) is 0. The maximum Gasteiger partial charge on any atom is 0.339 e. The van der Waals surface area contributed by atoms with Gasteiger partial charge in [0.25, 0.3) is 5.72 Å². The van der Waals surface area contributed by atoms with Gasteiger partial charge in [0.2, 0.25) is 5.78 Å². The van der Waals surface area contributed by atoms with Crippen LogP contribution in [-0.4, -0.2) is 34.3 Å². The van der Waals surface area contributed by atoms with Gasteiger partial charge in [0.05, 0.1) is 17.3 Å². The molecule has 35 heavy (non-hydrogen) atoms. The molecule has 0 aromatic heterocycles. The van der Waals surface area contributed by atoms with Crippen molar-refractivity contribution in [1.29, 1.82) is 0 Å². The lowest BCUT2D eigenvalue weighted by atomic mass is 9.89. The molecule has 176 valence electrons. The van der Waals surface area contributed by atoms with Crippen molar-refractivity contribution in [3.05, 3.63) is 99.0 Å². The fourth-order valence-corrected chi connectivity index (χ4v) is 5.52. The molecule has 6 nitrogen and oxygen atoms in total. The van der Waals surface area contributed by atoms with Gasteiger partial charge in [-0.1, -0.05) is 64.0 Å². The second-order valence-corrected chi connectivity index (χ2v) is 10.3. The molecule has 0 bridgehead atoms. The van der Waals surface area contributed by atoms with E-state index in [1.807, 2.05) is 49.4 Å². The average molecular weight is 531 g/mol. The number of rotatable bonds is 3. The van der Waals surface area contributed by atoms with Crippen molar-refractivity contribution in [2.24, 2.45) is 5.10 Å². The molecule has 0 amide bonds. The topological polar surface area (TPSA) is 68.2 Å². The van der Waals surface area contributed by atoms with Gasteiger partial charge in [0, 0.05) is 29.8 Å². The molecule has 0 fully saturated rings. The van der Waals surface area contributed by atoms with E-state index in [4.69, 9.17) is 14.6 Å². The van der Waals surface area contributed by atoms with E-state index in [1.54, 1.807) is 24.1 Å². The molecule has 0 N–H and O–H groups in total. The highest BCUT2D eigenvalue weighted by molar-refractivity contribution is 9.10. The third-order valence-corrected chi connectivity index (χ3v) is 7.51. The Morgan fingerprint density at radius 2 is 1.86 bits per heavy atom. The van der Waals surface area contributed by atoms with Crippen molar-refractivity contribution >= 4 is 33.4 Å². The minimum absolute atomic E-state index is 0.187. The number of carbonyl (C=O) groups excluding carboxylic acids is 2. The predicted octanol–water partition coefficient (Wildman–Crippen LogP) is 5.37. The first-order valence-electron chi connectivity index (χ1n) is 11.6. The molecule has 0 radical (unpaired) electrons. The van der Waals surface area contributed by atoms with Gasteiger partial charge in [-0.3, -0.25) is 4.79 Å². The summed E-state index contributed by atoms with van der Waals surface area (Å²) in [6.07, 6.45) is -0.0231. The number of ketones is 1. The predicted molar refractivity (Wildman–Crippen MR) is 134 cm³/mol. The normalized spacial score (nSPS) is 24.5. The SMILES string of the molecule is Cc1ccc(C2=NN3[C@@H](C2)c2cc(Br)ccc2O[C@@]3(C)C(=O)[C@@H]2Cc3ccccc3C(=O)O2)cc1. The van der Waals surface area contributed by atoms with E-state index in [-0.39, 0.29) is 11.8 Å². The number of Topliss-reactive ketones (excluding diaryl/α,β-unsaturated/α-hetero) is 1. The zero-order chi connectivity index (χ0) is 24.3. The molecule has 0 unspecified atom stereocenters. The molecule has 0 saturated heterocycles. The van der Waals surface area contributed by atoms with E-state index < -0.39 is 17.8 Å². The van der Waals surface area contributed by atoms with Crippen molar-refractivity contribution in [2.75, 3.05) is 0 Å². The number of carbonyl (C=O) groups is 2. The Bertz CT molecular complexity index is 1400. The highest BCUT2D eigenvalue weighted by atomic mass is 79.9. The Labute approximate surface area is 211 Å². The van der Waals surface area contributed by atoms with Crippen LogP contribution in [0.2, 0.25) is 0 Å². The van der Waals surface area contributed by atoms with Crippen LogP contribution in [0.5, 0.6) is 5.75 Å². The number of benzene rings is 3. The van der Waals surface area contributed by atoms with Crippen LogP contribution in [0.4, 0.5) is 0 Å². The van der Waals surface area contributed by atoms with E-state index in [1.165, 1.54) is 5.56 Å². The Morgan fingerprint density at radius 1 is 1.09 bits per heavy atom. The molecule has 3 aromatic rings. The Kier molecular flexibility index (Phi) is 5.07. The van der Waals surface area contributed by atoms with Gasteiger partial charge in [-0.05, 0) is 42.3 Å². The standard InChI is InChI=1S/C28H23BrN2O4/c1-16-7-9-17(10-8-16)22-15-23-21-14-19(29)11-12-24(21)35-28(2,31(23)30-22)26(32)25-13-18-5-3-4-6-20(18)27(33)34-25/h3-12,14,23,25H,13,15H2,1-2H3/t23-,25-,28-/m0/s1. The van der Waals surface area contributed by atoms with E-state index in [2.05, 4.69) is 28.1 Å². The number of hydrogen-bond acceptors (Lipinski definition) is 6. The molecule has 3 aliphatic heterocycles. The van der Waals surface area contributed by atoms with Crippen LogP contribution in [0.3, 0.4) is 0 Å². The number of hydrazone groups is 1. The Balaban J connectivity index is 1.41. The van der Waals surface area contributed by atoms with Crippen LogP contribution in [0.25, 0.3) is 0 Å². The molecule has 7 heteroatoms. The third-order valence-electron chi connectivity index (χ3n) is 7.01. The van der Waals surface area contributed by atoms with Gasteiger partial charge in [-0.2, -0.15) is 5.10 Å². The summed E-state index contributed by atoms with van der Waals surface area (Å²) in [5.41, 5.74) is 3.89. The number of nitrogens with zero attached hydrogens (tertiary/aromatic N) is 2. The summed E-state index contributed by atoms with van der Waals surface area (Å²) in [5.74, 6) is -0.184. The molecule has 3 aliphatic rings. The first-order chi connectivity index (χ1) is 16.8. The van der Waals surface area contributed by atoms with Crippen LogP contribution < -0.4 is 4.74 Å². The summed E-state index contributed by atoms with van der Waals surface area (Å²) in [5, 5.41) is 6.68. The van der Waals surface area contributed by atoms with Crippen molar-refractivity contribution in [2.45, 2.75) is 44.6 Å². The summed E-state index contributed by atoms with van der Waals surface area (Å²) in [4.78, 5) is 26.7. The van der Waals surface area contributed by atoms with Crippen molar-refractivity contribution in [3.8, 4) is 5.75 Å². The minimum Gasteiger partial charge on any atom is -0.459 e. The van der Waals surface area contributed by atoms with Crippen LogP contribution >= 0.6 is 15.9 Å². The molecule has 0 spiro atoms. The van der Waals surface area contributed by atoms with Gasteiger partial charge in [-0.25, -0.2) is 9.80 Å². The van der Waals surface area contributed by atoms with Crippen LogP contribution in [0.1, 0.15) is 52.0 Å². The van der Waals surface area contributed by atoms with Crippen molar-refractivity contribution < 1.29 is 19.1 Å². The summed E-state index contributed by atoms with van der Waals surface area (Å²) in [6.45, 7) is 3.77. The Morgan fingerprint density at radius 3 is 2.66 bits per heavy atom. The number of cyclic esters (lactones) is 1. The average Bonchev–Trinajstić information content (AvgIpc) is 3.31. The van der Waals surface area contributed by atoms with Gasteiger partial charge in [0.15, 0.2) is 6.10 Å². The summed E-state index contributed by atoms with van der Waals surface area (Å²) < 4.78 is 12.9. The lowest BCUT2D eigenvalue weighted by Gasteiger charge is -2.45. The molecule has 0 saturated carbocycles. The maximum absolute atomic E-state index is 14.0. The van der Waals surface area contributed by atoms with E-state index >= 15 is 0 Å². The van der Waals surface area contributed by atoms with E-state index in [0.29, 0.717) is 24.2 Å². The molecule has 3 heterocycles.